The monoisotopic (exact) mass is 186 g/mol. The minimum absolute atomic E-state index is 0.0905. The van der Waals surface area contributed by atoms with Crippen molar-refractivity contribution in [2.45, 2.75) is 50.8 Å². The van der Waals surface area contributed by atoms with Crippen molar-refractivity contribution in [3.8, 4) is 0 Å². The number of amides is 1. The summed E-state index contributed by atoms with van der Waals surface area (Å²) in [4.78, 5) is 11.2. The van der Waals surface area contributed by atoms with Crippen molar-refractivity contribution in [3.63, 3.8) is 0 Å². The number of aliphatic hydroxyl groups is 1. The number of nitrogens with two attached hydrogens (primary N) is 1. The highest BCUT2D eigenvalue weighted by atomic mass is 16.3. The van der Waals surface area contributed by atoms with Crippen molar-refractivity contribution in [2.75, 3.05) is 0 Å². The summed E-state index contributed by atoms with van der Waals surface area (Å²) in [5, 5.41) is 12.3. The molecule has 0 radical (unpaired) electrons. The molecule has 1 amide bonds. The first-order chi connectivity index (χ1) is 6.11. The first-order valence-corrected chi connectivity index (χ1v) is 4.85. The van der Waals surface area contributed by atoms with E-state index in [9.17, 15) is 9.90 Å². The van der Waals surface area contributed by atoms with E-state index in [2.05, 4.69) is 5.32 Å². The maximum Gasteiger partial charge on any atom is 0.236 e. The molecule has 0 aromatic carbocycles. The van der Waals surface area contributed by atoms with E-state index >= 15 is 0 Å². The third-order valence-electron chi connectivity index (χ3n) is 2.47. The van der Waals surface area contributed by atoms with Crippen LogP contribution in [0.1, 0.15) is 32.6 Å². The van der Waals surface area contributed by atoms with Crippen molar-refractivity contribution in [1.82, 2.24) is 5.32 Å². The van der Waals surface area contributed by atoms with Crippen LogP contribution in [0.3, 0.4) is 0 Å². The molecule has 3 atom stereocenters. The van der Waals surface area contributed by atoms with Crippen LogP contribution in [0.25, 0.3) is 0 Å². The van der Waals surface area contributed by atoms with Gasteiger partial charge in [-0.15, -0.1) is 0 Å². The summed E-state index contributed by atoms with van der Waals surface area (Å²) in [7, 11) is 0. The van der Waals surface area contributed by atoms with Crippen LogP contribution in [0.2, 0.25) is 0 Å². The van der Waals surface area contributed by atoms with Crippen LogP contribution < -0.4 is 11.1 Å². The molecule has 4 nitrogen and oxygen atoms in total. The van der Waals surface area contributed by atoms with Gasteiger partial charge in [-0.1, -0.05) is 12.8 Å². The van der Waals surface area contributed by atoms with Crippen LogP contribution in [0.4, 0.5) is 0 Å². The lowest BCUT2D eigenvalue weighted by molar-refractivity contribution is -0.123. The summed E-state index contributed by atoms with van der Waals surface area (Å²) in [6.07, 6.45) is 3.37. The van der Waals surface area contributed by atoms with Gasteiger partial charge in [-0.25, -0.2) is 0 Å². The van der Waals surface area contributed by atoms with Gasteiger partial charge in [0.15, 0.2) is 0 Å². The molecule has 2 unspecified atom stereocenters. The lowest BCUT2D eigenvalue weighted by Gasteiger charge is -2.28. The van der Waals surface area contributed by atoms with E-state index in [1.165, 1.54) is 0 Å². The highest BCUT2D eigenvalue weighted by Crippen LogP contribution is 2.18. The van der Waals surface area contributed by atoms with Gasteiger partial charge in [0.2, 0.25) is 5.91 Å². The van der Waals surface area contributed by atoms with Gasteiger partial charge in [-0.05, 0) is 19.8 Å². The standard InChI is InChI=1S/C9H18N2O2/c1-6(10)9(13)11-7-4-2-3-5-8(7)12/h6-8,12H,2-5,10H2,1H3,(H,11,13)/t6-,7?,8?/m1/s1. The van der Waals surface area contributed by atoms with Crippen LogP contribution in [-0.2, 0) is 4.79 Å². The zero-order valence-electron chi connectivity index (χ0n) is 7.99. The Balaban J connectivity index is 2.38. The molecular formula is C9H18N2O2. The Morgan fingerprint density at radius 1 is 1.54 bits per heavy atom. The van der Waals surface area contributed by atoms with Gasteiger partial charge in [0.05, 0.1) is 18.2 Å². The Kier molecular flexibility index (Phi) is 3.69. The minimum atomic E-state index is -0.492. The second-order valence-corrected chi connectivity index (χ2v) is 3.76. The van der Waals surface area contributed by atoms with Crippen molar-refractivity contribution in [3.05, 3.63) is 0 Å². The fraction of sp³-hybridized carbons (Fsp3) is 0.889. The third-order valence-corrected chi connectivity index (χ3v) is 2.47. The number of nitrogens with one attached hydrogen (secondary N) is 1. The SMILES string of the molecule is C[C@@H](N)C(=O)NC1CCCCC1O. The number of hydrogen-bond donors (Lipinski definition) is 3. The number of hydrogen-bond acceptors (Lipinski definition) is 3. The van der Waals surface area contributed by atoms with E-state index in [1.807, 2.05) is 0 Å². The lowest BCUT2D eigenvalue weighted by Crippen LogP contribution is -2.49. The molecule has 0 aromatic heterocycles. The van der Waals surface area contributed by atoms with Crippen LogP contribution in [-0.4, -0.2) is 29.2 Å². The Hall–Kier alpha value is -0.610. The van der Waals surface area contributed by atoms with E-state index in [4.69, 9.17) is 5.73 Å². The topological polar surface area (TPSA) is 75.4 Å². The van der Waals surface area contributed by atoms with Crippen LogP contribution in [0, 0.1) is 0 Å². The van der Waals surface area contributed by atoms with Gasteiger partial charge < -0.3 is 16.2 Å². The quantitative estimate of drug-likeness (QED) is 0.557. The van der Waals surface area contributed by atoms with E-state index in [0.717, 1.165) is 25.7 Å². The van der Waals surface area contributed by atoms with E-state index in [-0.39, 0.29) is 11.9 Å². The first-order valence-electron chi connectivity index (χ1n) is 4.85. The maximum atomic E-state index is 11.2. The summed E-state index contributed by atoms with van der Waals surface area (Å²) in [6.45, 7) is 1.64. The number of rotatable bonds is 2. The second-order valence-electron chi connectivity index (χ2n) is 3.76. The Morgan fingerprint density at radius 3 is 2.69 bits per heavy atom. The number of carbonyl (C=O) groups is 1. The van der Waals surface area contributed by atoms with Crippen LogP contribution in [0.15, 0.2) is 0 Å². The Morgan fingerprint density at radius 2 is 2.15 bits per heavy atom. The zero-order valence-corrected chi connectivity index (χ0v) is 7.99. The molecule has 0 aliphatic heterocycles. The maximum absolute atomic E-state index is 11.2. The molecule has 76 valence electrons. The Bertz CT molecular complexity index is 182. The van der Waals surface area contributed by atoms with E-state index < -0.39 is 12.1 Å². The molecule has 1 aliphatic carbocycles. The van der Waals surface area contributed by atoms with Gasteiger partial charge in [-0.2, -0.15) is 0 Å². The first kappa shape index (κ1) is 10.5. The second kappa shape index (κ2) is 4.58. The normalized spacial score (nSPS) is 31.0. The fourth-order valence-electron chi connectivity index (χ4n) is 1.59. The molecule has 0 aromatic rings. The Labute approximate surface area is 78.5 Å². The number of aliphatic hydroxyl groups excluding tert-OH is 1. The summed E-state index contributed by atoms with van der Waals surface area (Å²) in [6, 6.07) is -0.582. The third kappa shape index (κ3) is 2.97. The molecule has 0 saturated heterocycles. The number of carbonyl (C=O) groups excluding carboxylic acids is 1. The molecule has 4 heteroatoms. The van der Waals surface area contributed by atoms with Crippen molar-refractivity contribution >= 4 is 5.91 Å². The van der Waals surface area contributed by atoms with Crippen LogP contribution >= 0.6 is 0 Å². The summed E-state index contributed by atoms with van der Waals surface area (Å²) < 4.78 is 0. The zero-order chi connectivity index (χ0) is 9.84. The predicted molar refractivity (Wildman–Crippen MR) is 50.1 cm³/mol. The molecule has 1 rings (SSSR count). The highest BCUT2D eigenvalue weighted by molar-refractivity contribution is 5.81. The van der Waals surface area contributed by atoms with Gasteiger partial charge in [0, 0.05) is 0 Å². The average Bonchev–Trinajstić information content (AvgIpc) is 2.08. The summed E-state index contributed by atoms with van der Waals surface area (Å²) >= 11 is 0. The average molecular weight is 186 g/mol. The lowest BCUT2D eigenvalue weighted by atomic mass is 9.92. The van der Waals surface area contributed by atoms with Crippen LogP contribution in [0.5, 0.6) is 0 Å². The molecule has 1 saturated carbocycles. The molecule has 4 N–H and O–H groups in total. The molecular weight excluding hydrogens is 168 g/mol. The van der Waals surface area contributed by atoms with Gasteiger partial charge >= 0.3 is 0 Å². The van der Waals surface area contributed by atoms with E-state index in [0.29, 0.717) is 0 Å². The fourth-order valence-corrected chi connectivity index (χ4v) is 1.59. The largest absolute Gasteiger partial charge is 0.391 e. The molecule has 1 aliphatic rings. The minimum Gasteiger partial charge on any atom is -0.391 e. The predicted octanol–water partition coefficient (Wildman–Crippen LogP) is -0.247. The van der Waals surface area contributed by atoms with Gasteiger partial charge in [0.1, 0.15) is 0 Å². The summed E-state index contributed by atoms with van der Waals surface area (Å²) in [5.41, 5.74) is 5.40. The smallest absolute Gasteiger partial charge is 0.236 e. The van der Waals surface area contributed by atoms with Gasteiger partial charge in [0.25, 0.3) is 0 Å². The highest BCUT2D eigenvalue weighted by Gasteiger charge is 2.24. The molecule has 1 fully saturated rings. The van der Waals surface area contributed by atoms with Crippen molar-refractivity contribution < 1.29 is 9.90 Å². The molecule has 0 heterocycles. The molecule has 0 spiro atoms. The summed E-state index contributed by atoms with van der Waals surface area (Å²) in [5.74, 6) is -0.175. The van der Waals surface area contributed by atoms with Gasteiger partial charge in [-0.3, -0.25) is 4.79 Å². The molecule has 13 heavy (non-hydrogen) atoms. The van der Waals surface area contributed by atoms with Crippen molar-refractivity contribution in [2.24, 2.45) is 5.73 Å². The van der Waals surface area contributed by atoms with E-state index in [1.54, 1.807) is 6.92 Å². The molecule has 0 bridgehead atoms. The van der Waals surface area contributed by atoms with Crippen molar-refractivity contribution in [1.29, 1.82) is 0 Å².